The van der Waals surface area contributed by atoms with Crippen LogP contribution in [0.3, 0.4) is 0 Å². The number of carbonyl (C=O) groups excluding carboxylic acids is 1. The predicted molar refractivity (Wildman–Crippen MR) is 117 cm³/mol. The van der Waals surface area contributed by atoms with Crippen LogP contribution in [-0.4, -0.2) is 56.8 Å². The van der Waals surface area contributed by atoms with Crippen LogP contribution in [0.25, 0.3) is 0 Å². The summed E-state index contributed by atoms with van der Waals surface area (Å²) in [6, 6.07) is 14.4. The molecule has 0 radical (unpaired) electrons. The lowest BCUT2D eigenvalue weighted by atomic mass is 9.98. The molecular formula is C23H29FN2O4S. The van der Waals surface area contributed by atoms with E-state index in [4.69, 9.17) is 4.74 Å². The molecule has 2 aromatic carbocycles. The summed E-state index contributed by atoms with van der Waals surface area (Å²) in [5.74, 6) is 0.675. The Hall–Kier alpha value is -2.45. The highest BCUT2D eigenvalue weighted by atomic mass is 32.2. The summed E-state index contributed by atoms with van der Waals surface area (Å²) in [5.41, 5.74) is 0. The molecule has 1 fully saturated rings. The van der Waals surface area contributed by atoms with E-state index in [-0.39, 0.29) is 23.8 Å². The number of para-hydroxylation sites is 1. The van der Waals surface area contributed by atoms with Gasteiger partial charge >= 0.3 is 0 Å². The molecule has 31 heavy (non-hydrogen) atoms. The Balaban J connectivity index is 1.43. The van der Waals surface area contributed by atoms with Crippen molar-refractivity contribution in [1.29, 1.82) is 0 Å². The third kappa shape index (κ3) is 6.51. The average Bonchev–Trinajstić information content (AvgIpc) is 2.78. The minimum Gasteiger partial charge on any atom is -0.493 e. The highest BCUT2D eigenvalue weighted by Gasteiger charge is 2.25. The highest BCUT2D eigenvalue weighted by molar-refractivity contribution is 7.89. The second-order valence-corrected chi connectivity index (χ2v) is 9.90. The van der Waals surface area contributed by atoms with E-state index in [9.17, 15) is 17.6 Å². The molecule has 1 heterocycles. The fraction of sp³-hybridized carbons (Fsp3) is 0.435. The van der Waals surface area contributed by atoms with Gasteiger partial charge in [-0.15, -0.1) is 0 Å². The first-order valence-electron chi connectivity index (χ1n) is 10.5. The van der Waals surface area contributed by atoms with Gasteiger partial charge in [0.2, 0.25) is 15.9 Å². The molecule has 0 aliphatic carbocycles. The topological polar surface area (TPSA) is 66.9 Å². The van der Waals surface area contributed by atoms with Crippen molar-refractivity contribution < 1.29 is 22.3 Å². The fourth-order valence-corrected chi connectivity index (χ4v) is 4.89. The van der Waals surface area contributed by atoms with E-state index in [2.05, 4.69) is 0 Å². The van der Waals surface area contributed by atoms with E-state index in [1.165, 1.54) is 23.5 Å². The Bertz CT molecular complexity index is 951. The lowest BCUT2D eigenvalue weighted by Gasteiger charge is -2.33. The smallest absolute Gasteiger partial charge is 0.242 e. The maximum atomic E-state index is 13.0. The van der Waals surface area contributed by atoms with Gasteiger partial charge in [-0.2, -0.15) is 0 Å². The molecule has 1 aliphatic rings. The minimum absolute atomic E-state index is 0.0389. The molecule has 8 heteroatoms. The molecule has 0 saturated carbocycles. The van der Waals surface area contributed by atoms with E-state index >= 15 is 0 Å². The quantitative estimate of drug-likeness (QED) is 0.589. The Morgan fingerprint density at radius 1 is 1.16 bits per heavy atom. The molecule has 1 saturated heterocycles. The maximum Gasteiger partial charge on any atom is 0.242 e. The Morgan fingerprint density at radius 3 is 2.58 bits per heavy atom. The molecule has 1 unspecified atom stereocenters. The number of halogens is 1. The number of rotatable bonds is 9. The summed E-state index contributed by atoms with van der Waals surface area (Å²) in [5, 5.41) is 0. The van der Waals surface area contributed by atoms with E-state index < -0.39 is 15.8 Å². The number of hydrogen-bond donors (Lipinski definition) is 0. The van der Waals surface area contributed by atoms with E-state index in [1.807, 2.05) is 35.2 Å². The molecule has 1 aliphatic heterocycles. The number of likely N-dealkylation sites (tertiary alicyclic amines) is 1. The second kappa shape index (κ2) is 10.7. The normalized spacial score (nSPS) is 17.0. The third-order valence-electron chi connectivity index (χ3n) is 5.49. The first-order chi connectivity index (χ1) is 14.9. The minimum atomic E-state index is -3.70. The third-order valence-corrected chi connectivity index (χ3v) is 7.36. The van der Waals surface area contributed by atoms with Crippen molar-refractivity contribution in [3.05, 3.63) is 60.4 Å². The van der Waals surface area contributed by atoms with Gasteiger partial charge in [0.05, 0.1) is 11.5 Å². The SMILES string of the molecule is CN(CCCC(=O)N1CCCC(COc2ccccc2)C1)S(=O)(=O)c1ccc(F)cc1. The summed E-state index contributed by atoms with van der Waals surface area (Å²) in [7, 11) is -2.22. The van der Waals surface area contributed by atoms with Crippen LogP contribution in [-0.2, 0) is 14.8 Å². The number of ether oxygens (including phenoxy) is 1. The van der Waals surface area contributed by atoms with Crippen molar-refractivity contribution in [3.63, 3.8) is 0 Å². The van der Waals surface area contributed by atoms with Crippen molar-refractivity contribution in [2.24, 2.45) is 5.92 Å². The van der Waals surface area contributed by atoms with E-state index in [1.54, 1.807) is 0 Å². The number of benzene rings is 2. The lowest BCUT2D eigenvalue weighted by Crippen LogP contribution is -2.41. The summed E-state index contributed by atoms with van der Waals surface area (Å²) >= 11 is 0. The predicted octanol–water partition coefficient (Wildman–Crippen LogP) is 3.54. The summed E-state index contributed by atoms with van der Waals surface area (Å²) in [4.78, 5) is 14.5. The molecule has 0 spiro atoms. The second-order valence-electron chi connectivity index (χ2n) is 7.86. The molecule has 0 aromatic heterocycles. The largest absolute Gasteiger partial charge is 0.493 e. The van der Waals surface area contributed by atoms with Crippen LogP contribution in [0.5, 0.6) is 5.75 Å². The van der Waals surface area contributed by atoms with E-state index in [0.717, 1.165) is 37.3 Å². The van der Waals surface area contributed by atoms with Crippen LogP contribution in [0.2, 0.25) is 0 Å². The van der Waals surface area contributed by atoms with Gasteiger partial charge in [-0.1, -0.05) is 18.2 Å². The number of hydrogen-bond acceptors (Lipinski definition) is 4. The summed E-state index contributed by atoms with van der Waals surface area (Å²) in [6.07, 6.45) is 2.68. The monoisotopic (exact) mass is 448 g/mol. The molecule has 1 amide bonds. The van der Waals surface area contributed by atoms with Gasteiger partial charge in [0.25, 0.3) is 0 Å². The van der Waals surface area contributed by atoms with E-state index in [0.29, 0.717) is 25.5 Å². The number of amides is 1. The highest BCUT2D eigenvalue weighted by Crippen LogP contribution is 2.20. The van der Waals surface area contributed by atoms with Crippen molar-refractivity contribution in [2.45, 2.75) is 30.6 Å². The zero-order chi connectivity index (χ0) is 22.3. The first-order valence-corrected chi connectivity index (χ1v) is 12.0. The molecule has 6 nitrogen and oxygen atoms in total. The standard InChI is InChI=1S/C23H29FN2O4S/c1-25(31(28,29)22-13-11-20(24)12-14-22)15-6-10-23(27)26-16-5-7-19(17-26)18-30-21-8-3-2-4-9-21/h2-4,8-9,11-14,19H,5-7,10,15-18H2,1H3. The van der Waals surface area contributed by atoms with Gasteiger partial charge in [0, 0.05) is 39.0 Å². The van der Waals surface area contributed by atoms with Crippen molar-refractivity contribution in [3.8, 4) is 5.75 Å². The van der Waals surface area contributed by atoms with Crippen LogP contribution < -0.4 is 4.74 Å². The molecule has 3 rings (SSSR count). The Kier molecular flexibility index (Phi) is 8.03. The fourth-order valence-electron chi connectivity index (χ4n) is 3.68. The van der Waals surface area contributed by atoms with Crippen LogP contribution in [0.15, 0.2) is 59.5 Å². The number of carbonyl (C=O) groups is 1. The molecule has 1 atom stereocenters. The van der Waals surface area contributed by atoms with Crippen LogP contribution in [0.1, 0.15) is 25.7 Å². The van der Waals surface area contributed by atoms with Gasteiger partial charge in [0.15, 0.2) is 0 Å². The average molecular weight is 449 g/mol. The van der Waals surface area contributed by atoms with Crippen LogP contribution in [0.4, 0.5) is 4.39 Å². The molecular weight excluding hydrogens is 419 g/mol. The Morgan fingerprint density at radius 2 is 1.87 bits per heavy atom. The number of nitrogens with zero attached hydrogens (tertiary/aromatic N) is 2. The molecule has 0 N–H and O–H groups in total. The lowest BCUT2D eigenvalue weighted by molar-refractivity contribution is -0.133. The Labute approximate surface area is 183 Å². The van der Waals surface area contributed by atoms with Gasteiger partial charge in [-0.25, -0.2) is 17.1 Å². The van der Waals surface area contributed by atoms with Gasteiger partial charge in [-0.3, -0.25) is 4.79 Å². The van der Waals surface area contributed by atoms with Crippen molar-refractivity contribution in [1.82, 2.24) is 9.21 Å². The molecule has 0 bridgehead atoms. The van der Waals surface area contributed by atoms with Gasteiger partial charge in [-0.05, 0) is 55.7 Å². The van der Waals surface area contributed by atoms with Crippen molar-refractivity contribution >= 4 is 15.9 Å². The van der Waals surface area contributed by atoms with Crippen LogP contribution >= 0.6 is 0 Å². The maximum absolute atomic E-state index is 13.0. The zero-order valence-corrected chi connectivity index (χ0v) is 18.6. The summed E-state index contributed by atoms with van der Waals surface area (Å²) in [6.45, 7) is 2.19. The molecule has 2 aromatic rings. The van der Waals surface area contributed by atoms with Gasteiger partial charge in [0.1, 0.15) is 11.6 Å². The zero-order valence-electron chi connectivity index (χ0n) is 17.7. The molecule has 168 valence electrons. The van der Waals surface area contributed by atoms with Crippen molar-refractivity contribution in [2.75, 3.05) is 33.3 Å². The first kappa shape index (κ1) is 23.2. The number of piperidine rings is 1. The number of sulfonamides is 1. The van der Waals surface area contributed by atoms with Gasteiger partial charge < -0.3 is 9.64 Å². The summed E-state index contributed by atoms with van der Waals surface area (Å²) < 4.78 is 45.2. The van der Waals surface area contributed by atoms with Crippen LogP contribution in [0, 0.1) is 11.7 Å².